The molecule has 240 valence electrons. The number of ether oxygens (including phenoxy) is 5. The molecule has 0 aromatic rings. The number of rotatable bonds is 4. The topological polar surface area (TPSA) is 75.6 Å². The van der Waals surface area contributed by atoms with Crippen LogP contribution in [0.25, 0.3) is 0 Å². The number of aliphatic hydroxyl groups is 1. The molecule has 1 N–H and O–H groups in total. The standard InChI is InChI=1S/C34H58O7Si/c1-13-32(8)28(40-42(11,12)31(5,6)7)18-27-33(9,41-32)15-14-23-30(38-27)21(4)16-24-25(36-23)19-34(10)26(37-24)17-22(35)29(39-34)20(2)3/h13,21-30,35H,1-2,14-19H2,3-12H3/t21-,22+,23+,24+,25-,26-,27+,28-,29-,30-,32+,33-,34+/m1/s1. The lowest BCUT2D eigenvalue weighted by Gasteiger charge is -2.54. The van der Waals surface area contributed by atoms with Gasteiger partial charge in [-0.25, -0.2) is 0 Å². The molecular formula is C34H58O7Si. The summed E-state index contributed by atoms with van der Waals surface area (Å²) in [6.45, 7) is 30.3. The van der Waals surface area contributed by atoms with E-state index < -0.39 is 31.2 Å². The molecule has 0 unspecified atom stereocenters. The average Bonchev–Trinajstić information content (AvgIpc) is 3.08. The third-order valence-electron chi connectivity index (χ3n) is 11.7. The first-order chi connectivity index (χ1) is 19.3. The normalized spacial score (nSPS) is 49.8. The van der Waals surface area contributed by atoms with Crippen LogP contribution >= 0.6 is 0 Å². The van der Waals surface area contributed by atoms with Gasteiger partial charge in [0.05, 0.1) is 60.0 Å². The Hall–Kier alpha value is -0.583. The second kappa shape index (κ2) is 11.0. The first-order valence-corrected chi connectivity index (χ1v) is 19.2. The van der Waals surface area contributed by atoms with Crippen LogP contribution in [0, 0.1) is 5.92 Å². The lowest BCUT2D eigenvalue weighted by atomic mass is 9.78. The molecule has 0 saturated carbocycles. The van der Waals surface area contributed by atoms with Gasteiger partial charge in [0.25, 0.3) is 0 Å². The van der Waals surface area contributed by atoms with Gasteiger partial charge >= 0.3 is 0 Å². The van der Waals surface area contributed by atoms with E-state index in [1.165, 1.54) is 0 Å². The Labute approximate surface area is 255 Å². The van der Waals surface area contributed by atoms with Crippen LogP contribution in [-0.4, -0.2) is 85.2 Å². The maximum absolute atomic E-state index is 10.8. The van der Waals surface area contributed by atoms with Crippen molar-refractivity contribution in [3.05, 3.63) is 24.8 Å². The van der Waals surface area contributed by atoms with Gasteiger partial charge in [-0.3, -0.25) is 0 Å². The third-order valence-corrected chi connectivity index (χ3v) is 16.2. The van der Waals surface area contributed by atoms with Crippen LogP contribution in [-0.2, 0) is 28.1 Å². The number of hydrogen-bond acceptors (Lipinski definition) is 7. The van der Waals surface area contributed by atoms with Crippen molar-refractivity contribution < 1.29 is 33.2 Å². The fraction of sp³-hybridized carbons (Fsp3) is 0.882. The van der Waals surface area contributed by atoms with Crippen LogP contribution in [0.4, 0.5) is 0 Å². The first-order valence-electron chi connectivity index (χ1n) is 16.3. The molecule has 5 saturated heterocycles. The van der Waals surface area contributed by atoms with Crippen molar-refractivity contribution in [2.24, 2.45) is 5.92 Å². The van der Waals surface area contributed by atoms with Gasteiger partial charge in [0.2, 0.25) is 0 Å². The van der Waals surface area contributed by atoms with E-state index >= 15 is 0 Å². The van der Waals surface area contributed by atoms with Gasteiger partial charge in [0.15, 0.2) is 8.32 Å². The zero-order chi connectivity index (χ0) is 31.0. The van der Waals surface area contributed by atoms with Crippen LogP contribution < -0.4 is 0 Å². The summed E-state index contributed by atoms with van der Waals surface area (Å²) in [5, 5.41) is 10.9. The quantitative estimate of drug-likeness (QED) is 0.290. The summed E-state index contributed by atoms with van der Waals surface area (Å²) in [4.78, 5) is 0. The molecule has 5 fully saturated rings. The van der Waals surface area contributed by atoms with Gasteiger partial charge in [-0.05, 0) is 76.6 Å². The molecule has 0 spiro atoms. The molecule has 0 bridgehead atoms. The van der Waals surface area contributed by atoms with E-state index in [2.05, 4.69) is 74.7 Å². The van der Waals surface area contributed by atoms with Crippen molar-refractivity contribution in [1.82, 2.24) is 0 Å². The van der Waals surface area contributed by atoms with Crippen LogP contribution in [0.5, 0.6) is 0 Å². The Balaban J connectivity index is 1.37. The molecule has 13 atom stereocenters. The minimum atomic E-state index is -2.07. The Morgan fingerprint density at radius 1 is 0.976 bits per heavy atom. The highest BCUT2D eigenvalue weighted by Crippen LogP contribution is 2.51. The predicted octanol–water partition coefficient (Wildman–Crippen LogP) is 6.48. The average molecular weight is 607 g/mol. The second-order valence-electron chi connectivity index (χ2n) is 16.3. The van der Waals surface area contributed by atoms with Gasteiger partial charge in [0.1, 0.15) is 11.7 Å². The molecule has 5 aliphatic heterocycles. The molecule has 42 heavy (non-hydrogen) atoms. The molecule has 5 rings (SSSR count). The van der Waals surface area contributed by atoms with Gasteiger partial charge in [-0.15, -0.1) is 6.58 Å². The Morgan fingerprint density at radius 3 is 2.26 bits per heavy atom. The summed E-state index contributed by atoms with van der Waals surface area (Å²) in [6, 6.07) is 0. The summed E-state index contributed by atoms with van der Waals surface area (Å²) in [7, 11) is -2.07. The van der Waals surface area contributed by atoms with E-state index in [1.54, 1.807) is 0 Å². The smallest absolute Gasteiger partial charge is 0.192 e. The zero-order valence-corrected chi connectivity index (χ0v) is 28.9. The Morgan fingerprint density at radius 2 is 1.64 bits per heavy atom. The van der Waals surface area contributed by atoms with Crippen molar-refractivity contribution >= 4 is 8.32 Å². The second-order valence-corrected chi connectivity index (χ2v) is 21.1. The van der Waals surface area contributed by atoms with Crippen molar-refractivity contribution in [3.8, 4) is 0 Å². The monoisotopic (exact) mass is 606 g/mol. The van der Waals surface area contributed by atoms with Crippen LogP contribution in [0.15, 0.2) is 24.8 Å². The van der Waals surface area contributed by atoms with Gasteiger partial charge in [-0.1, -0.05) is 40.3 Å². The van der Waals surface area contributed by atoms with E-state index in [9.17, 15) is 5.11 Å². The van der Waals surface area contributed by atoms with Crippen molar-refractivity contribution in [3.63, 3.8) is 0 Å². The van der Waals surface area contributed by atoms with E-state index in [-0.39, 0.29) is 59.8 Å². The highest BCUT2D eigenvalue weighted by Gasteiger charge is 2.59. The third kappa shape index (κ3) is 5.77. The molecule has 0 radical (unpaired) electrons. The van der Waals surface area contributed by atoms with Crippen LogP contribution in [0.2, 0.25) is 18.1 Å². The summed E-state index contributed by atoms with van der Waals surface area (Å²) in [5.41, 5.74) is -0.767. The minimum Gasteiger partial charge on any atom is -0.411 e. The Bertz CT molecular complexity index is 1040. The largest absolute Gasteiger partial charge is 0.411 e. The Kier molecular flexibility index (Phi) is 8.62. The van der Waals surface area contributed by atoms with Crippen LogP contribution in [0.1, 0.15) is 93.9 Å². The maximum Gasteiger partial charge on any atom is 0.192 e. The number of hydrogen-bond donors (Lipinski definition) is 1. The molecule has 0 amide bonds. The fourth-order valence-corrected chi connectivity index (χ4v) is 9.25. The molecule has 8 heteroatoms. The number of fused-ring (bicyclic) bond motifs is 4. The lowest BCUT2D eigenvalue weighted by molar-refractivity contribution is -0.287. The number of aliphatic hydroxyl groups excluding tert-OH is 1. The molecule has 0 aromatic carbocycles. The molecule has 5 aliphatic rings. The van der Waals surface area contributed by atoms with E-state index in [0.717, 1.165) is 37.7 Å². The van der Waals surface area contributed by atoms with Crippen molar-refractivity contribution in [1.29, 1.82) is 0 Å². The summed E-state index contributed by atoms with van der Waals surface area (Å²) in [6.07, 6.45) is 4.79. The molecule has 5 heterocycles. The lowest BCUT2D eigenvalue weighted by Crippen LogP contribution is -2.63. The maximum atomic E-state index is 10.8. The fourth-order valence-electron chi connectivity index (χ4n) is 7.85. The highest BCUT2D eigenvalue weighted by atomic mass is 28.4. The van der Waals surface area contributed by atoms with Gasteiger partial charge < -0.3 is 33.2 Å². The first kappa shape index (κ1) is 32.8. The van der Waals surface area contributed by atoms with E-state index in [4.69, 9.17) is 28.1 Å². The van der Waals surface area contributed by atoms with Crippen LogP contribution in [0.3, 0.4) is 0 Å². The van der Waals surface area contributed by atoms with Gasteiger partial charge in [-0.2, -0.15) is 0 Å². The van der Waals surface area contributed by atoms with E-state index in [1.807, 2.05) is 13.0 Å². The minimum absolute atomic E-state index is 0.0570. The molecule has 0 aliphatic carbocycles. The van der Waals surface area contributed by atoms with Gasteiger partial charge in [0, 0.05) is 19.3 Å². The highest BCUT2D eigenvalue weighted by molar-refractivity contribution is 6.74. The summed E-state index contributed by atoms with van der Waals surface area (Å²) >= 11 is 0. The molecular weight excluding hydrogens is 548 g/mol. The van der Waals surface area contributed by atoms with Crippen molar-refractivity contribution in [2.75, 3.05) is 0 Å². The summed E-state index contributed by atoms with van der Waals surface area (Å²) < 4.78 is 41.3. The SMILES string of the molecule is C=C[C@]1(C)O[C@]2(C)CC[C@@H]3O[C@@H]4C[C@]5(C)O[C@H](C(=C)C)[C@@H](O)C[C@H]5O[C@H]4C[C@@H](C)[C@H]3O[C@H]2C[C@H]1O[Si](C)(C)C(C)(C)C. The van der Waals surface area contributed by atoms with E-state index in [0.29, 0.717) is 6.42 Å². The zero-order valence-electron chi connectivity index (χ0n) is 27.9. The predicted molar refractivity (Wildman–Crippen MR) is 167 cm³/mol. The molecule has 0 aromatic heterocycles. The molecule has 7 nitrogen and oxygen atoms in total. The summed E-state index contributed by atoms with van der Waals surface area (Å²) in [5.74, 6) is 0.238. The van der Waals surface area contributed by atoms with Crippen molar-refractivity contribution in [2.45, 2.75) is 184 Å².